The normalized spacial score (nSPS) is 39.1. The summed E-state index contributed by atoms with van der Waals surface area (Å²) in [6.45, 7) is 6.15. The van der Waals surface area contributed by atoms with Crippen LogP contribution in [0.1, 0.15) is 26.2 Å². The highest BCUT2D eigenvalue weighted by Crippen LogP contribution is 2.42. The summed E-state index contributed by atoms with van der Waals surface area (Å²) in [6, 6.07) is 1.29. The Kier molecular flexibility index (Phi) is 3.65. The van der Waals surface area contributed by atoms with Crippen LogP contribution in [0.3, 0.4) is 0 Å². The minimum absolute atomic E-state index is 0.645. The fourth-order valence-electron chi connectivity index (χ4n) is 3.40. The van der Waals surface area contributed by atoms with Gasteiger partial charge < -0.3 is 0 Å². The maximum Gasteiger partial charge on any atom is 0.0313 e. The maximum absolute atomic E-state index is 4.05. The first-order valence-corrected chi connectivity index (χ1v) is 6.42. The van der Waals surface area contributed by atoms with Gasteiger partial charge in [0.15, 0.2) is 0 Å². The van der Waals surface area contributed by atoms with Crippen LogP contribution >= 0.6 is 0 Å². The first-order valence-electron chi connectivity index (χ1n) is 6.42. The van der Waals surface area contributed by atoms with Gasteiger partial charge in [0, 0.05) is 12.1 Å². The van der Waals surface area contributed by atoms with Crippen molar-refractivity contribution in [1.29, 1.82) is 0 Å². The van der Waals surface area contributed by atoms with Gasteiger partial charge in [-0.1, -0.05) is 30.4 Å². The lowest BCUT2D eigenvalue weighted by Gasteiger charge is -2.26. The number of nitrogens with zero attached hydrogens (tertiary/aromatic N) is 1. The molecule has 1 fully saturated rings. The van der Waals surface area contributed by atoms with E-state index in [1.54, 1.807) is 0 Å². The van der Waals surface area contributed by atoms with E-state index in [4.69, 9.17) is 0 Å². The largest absolute Gasteiger partial charge is 0.296 e. The molecular weight excluding hydrogens is 194 g/mol. The third kappa shape index (κ3) is 1.89. The van der Waals surface area contributed by atoms with E-state index < -0.39 is 0 Å². The van der Waals surface area contributed by atoms with Crippen molar-refractivity contribution in [3.8, 4) is 0 Å². The maximum atomic E-state index is 4.05. The molecule has 0 saturated carbocycles. The van der Waals surface area contributed by atoms with Crippen LogP contribution in [-0.4, -0.2) is 24.0 Å². The highest BCUT2D eigenvalue weighted by molar-refractivity contribution is 5.15. The summed E-state index contributed by atoms with van der Waals surface area (Å²) in [5.74, 6) is 1.46. The molecule has 4 atom stereocenters. The Morgan fingerprint density at radius 3 is 3.00 bits per heavy atom. The van der Waals surface area contributed by atoms with E-state index in [2.05, 4.69) is 55.8 Å². The molecule has 2 aliphatic rings. The molecule has 0 aromatic rings. The molecule has 1 heteroatoms. The monoisotopic (exact) mass is 217 g/mol. The van der Waals surface area contributed by atoms with Gasteiger partial charge in [0.2, 0.25) is 0 Å². The summed E-state index contributed by atoms with van der Waals surface area (Å²) in [4.78, 5) is 2.55. The van der Waals surface area contributed by atoms with E-state index in [0.717, 1.165) is 12.3 Å². The molecule has 0 amide bonds. The van der Waals surface area contributed by atoms with Gasteiger partial charge in [0.25, 0.3) is 0 Å². The first-order chi connectivity index (χ1) is 7.79. The fourth-order valence-corrected chi connectivity index (χ4v) is 3.40. The number of allylic oxidation sites excluding steroid dienone is 2. The number of likely N-dealkylation sites (tertiary alicyclic amines) is 1. The van der Waals surface area contributed by atoms with Crippen molar-refractivity contribution in [2.24, 2.45) is 11.8 Å². The van der Waals surface area contributed by atoms with Crippen LogP contribution in [0, 0.1) is 11.8 Å². The Hall–Kier alpha value is -0.820. The lowest BCUT2D eigenvalue weighted by Crippen LogP contribution is -2.33. The van der Waals surface area contributed by atoms with Crippen LogP contribution in [0.4, 0.5) is 0 Å². The van der Waals surface area contributed by atoms with Gasteiger partial charge in [0.1, 0.15) is 0 Å². The second-order valence-electron chi connectivity index (χ2n) is 5.01. The van der Waals surface area contributed by atoms with Crippen molar-refractivity contribution >= 4 is 0 Å². The minimum atomic E-state index is 0.645. The van der Waals surface area contributed by atoms with Gasteiger partial charge in [-0.05, 0) is 45.1 Å². The predicted molar refractivity (Wildman–Crippen MR) is 70.3 cm³/mol. The van der Waals surface area contributed by atoms with Crippen LogP contribution < -0.4 is 0 Å². The SMILES string of the molecule is C=CC1C(C/C=C\C)N(C)C2C=CCC[C@@H]12. The Bertz CT molecular complexity index is 303. The van der Waals surface area contributed by atoms with E-state index in [-0.39, 0.29) is 0 Å². The second-order valence-corrected chi connectivity index (χ2v) is 5.01. The van der Waals surface area contributed by atoms with Gasteiger partial charge in [0.05, 0.1) is 0 Å². The molecule has 1 aliphatic heterocycles. The van der Waals surface area contributed by atoms with Crippen LogP contribution in [0.5, 0.6) is 0 Å². The number of hydrogen-bond donors (Lipinski definition) is 0. The van der Waals surface area contributed by atoms with Gasteiger partial charge in [-0.3, -0.25) is 4.90 Å². The average Bonchev–Trinajstić information content (AvgIpc) is 2.60. The zero-order valence-corrected chi connectivity index (χ0v) is 10.5. The van der Waals surface area contributed by atoms with E-state index in [9.17, 15) is 0 Å². The lowest BCUT2D eigenvalue weighted by molar-refractivity contribution is 0.251. The third-order valence-electron chi connectivity index (χ3n) is 4.26. The quantitative estimate of drug-likeness (QED) is 0.655. The molecule has 0 radical (unpaired) electrons. The number of likely N-dealkylation sites (N-methyl/N-ethyl adjacent to an activating group) is 1. The van der Waals surface area contributed by atoms with Gasteiger partial charge in [-0.2, -0.15) is 0 Å². The molecular formula is C15H23N. The zero-order chi connectivity index (χ0) is 11.5. The van der Waals surface area contributed by atoms with Gasteiger partial charge in [-0.25, -0.2) is 0 Å². The predicted octanol–water partition coefficient (Wildman–Crippen LogP) is 3.40. The summed E-state index contributed by atoms with van der Waals surface area (Å²) in [6.07, 6.45) is 15.1. The molecule has 1 aliphatic carbocycles. The molecule has 0 spiro atoms. The van der Waals surface area contributed by atoms with Crippen LogP contribution in [0.15, 0.2) is 37.0 Å². The standard InChI is InChI=1S/C15H23N/c1-4-6-10-14-12(5-2)13-9-7-8-11-15(13)16(14)3/h4-6,8,11-15H,2,7,9-10H2,1,3H3/b6-4-/t12?,13-,14?,15?/m0/s1. The van der Waals surface area contributed by atoms with Crippen molar-refractivity contribution in [2.75, 3.05) is 7.05 Å². The lowest BCUT2D eigenvalue weighted by atomic mass is 9.80. The van der Waals surface area contributed by atoms with Crippen LogP contribution in [-0.2, 0) is 0 Å². The summed E-state index contributed by atoms with van der Waals surface area (Å²) >= 11 is 0. The molecule has 0 bridgehead atoms. The van der Waals surface area contributed by atoms with Gasteiger partial charge in [-0.15, -0.1) is 6.58 Å². The topological polar surface area (TPSA) is 3.24 Å². The summed E-state index contributed by atoms with van der Waals surface area (Å²) < 4.78 is 0. The Morgan fingerprint density at radius 1 is 1.50 bits per heavy atom. The van der Waals surface area contributed by atoms with Crippen molar-refractivity contribution < 1.29 is 0 Å². The highest BCUT2D eigenvalue weighted by Gasteiger charge is 2.43. The Morgan fingerprint density at radius 2 is 2.31 bits per heavy atom. The molecule has 1 heterocycles. The van der Waals surface area contributed by atoms with Crippen molar-refractivity contribution in [1.82, 2.24) is 4.90 Å². The molecule has 88 valence electrons. The fraction of sp³-hybridized carbons (Fsp3) is 0.600. The molecule has 0 N–H and O–H groups in total. The highest BCUT2D eigenvalue weighted by atomic mass is 15.2. The number of fused-ring (bicyclic) bond motifs is 1. The van der Waals surface area contributed by atoms with Gasteiger partial charge >= 0.3 is 0 Å². The summed E-state index contributed by atoms with van der Waals surface area (Å²) in [5, 5.41) is 0. The molecule has 0 aromatic heterocycles. The first kappa shape index (κ1) is 11.7. The van der Waals surface area contributed by atoms with Crippen molar-refractivity contribution in [3.05, 3.63) is 37.0 Å². The van der Waals surface area contributed by atoms with E-state index in [1.165, 1.54) is 12.8 Å². The molecule has 1 nitrogen and oxygen atoms in total. The van der Waals surface area contributed by atoms with Crippen LogP contribution in [0.25, 0.3) is 0 Å². The van der Waals surface area contributed by atoms with Crippen molar-refractivity contribution in [2.45, 2.75) is 38.3 Å². The van der Waals surface area contributed by atoms with Crippen LogP contribution in [0.2, 0.25) is 0 Å². The minimum Gasteiger partial charge on any atom is -0.296 e. The van der Waals surface area contributed by atoms with E-state index in [0.29, 0.717) is 18.0 Å². The van der Waals surface area contributed by atoms with E-state index in [1.807, 2.05) is 0 Å². The molecule has 16 heavy (non-hydrogen) atoms. The molecule has 2 rings (SSSR count). The third-order valence-corrected chi connectivity index (χ3v) is 4.26. The summed E-state index contributed by atoms with van der Waals surface area (Å²) in [7, 11) is 2.27. The molecule has 0 aromatic carbocycles. The zero-order valence-electron chi connectivity index (χ0n) is 10.5. The molecule has 3 unspecified atom stereocenters. The Labute approximate surface area is 99.5 Å². The number of hydrogen-bond acceptors (Lipinski definition) is 1. The number of rotatable bonds is 3. The Balaban J connectivity index is 2.18. The average molecular weight is 217 g/mol. The van der Waals surface area contributed by atoms with Crippen molar-refractivity contribution in [3.63, 3.8) is 0 Å². The summed E-state index contributed by atoms with van der Waals surface area (Å²) in [5.41, 5.74) is 0. The molecule has 1 saturated heterocycles. The van der Waals surface area contributed by atoms with E-state index >= 15 is 0 Å². The smallest absolute Gasteiger partial charge is 0.0313 e. The second kappa shape index (κ2) is 5.01.